The SMILES string of the molecule is Cc1cc(=O)oc2cc(OP(=O)(Oc3ccc4c(C)cc(=O)oc4c3)Oc3ccc4c(C)cc(=O)oc4c3)ccc12. The van der Waals surface area contributed by atoms with Gasteiger partial charge in [0.2, 0.25) is 0 Å². The number of rotatable bonds is 6. The first-order valence-electron chi connectivity index (χ1n) is 12.4. The Hall–Kier alpha value is -5.08. The second-order valence-corrected chi connectivity index (χ2v) is 10.9. The molecule has 10 nitrogen and oxygen atoms in total. The molecular weight excluding hydrogens is 551 g/mol. The molecule has 0 N–H and O–H groups in total. The standard InChI is InChI=1S/C30H21O10P/c1-16-10-28(31)35-25-13-19(4-7-22(16)25)38-41(34,39-20-5-8-23-17(2)11-29(32)36-26(23)14-20)40-21-6-9-24-18(3)12-30(33)37-27(24)15-21/h4-15H,1-3H3. The van der Waals surface area contributed by atoms with Gasteiger partial charge in [0.25, 0.3) is 0 Å². The minimum Gasteiger partial charge on any atom is -0.423 e. The molecule has 0 amide bonds. The van der Waals surface area contributed by atoms with Crippen molar-refractivity contribution in [1.29, 1.82) is 0 Å². The van der Waals surface area contributed by atoms with Crippen LogP contribution in [0.4, 0.5) is 0 Å². The first-order chi connectivity index (χ1) is 19.5. The van der Waals surface area contributed by atoms with Gasteiger partial charge in [0.15, 0.2) is 0 Å². The summed E-state index contributed by atoms with van der Waals surface area (Å²) < 4.78 is 47.4. The molecule has 0 aliphatic heterocycles. The summed E-state index contributed by atoms with van der Waals surface area (Å²) in [4.78, 5) is 35.8. The van der Waals surface area contributed by atoms with E-state index in [0.29, 0.717) is 32.8 Å². The van der Waals surface area contributed by atoms with E-state index in [9.17, 15) is 18.9 Å². The third-order valence-corrected chi connectivity index (χ3v) is 7.72. The normalized spacial score (nSPS) is 11.7. The van der Waals surface area contributed by atoms with Crippen LogP contribution in [-0.2, 0) is 4.57 Å². The highest BCUT2D eigenvalue weighted by molar-refractivity contribution is 7.49. The fourth-order valence-corrected chi connectivity index (χ4v) is 5.76. The predicted molar refractivity (Wildman–Crippen MR) is 151 cm³/mol. The van der Waals surface area contributed by atoms with Crippen molar-refractivity contribution in [2.45, 2.75) is 20.8 Å². The van der Waals surface area contributed by atoms with Gasteiger partial charge in [0.1, 0.15) is 34.0 Å². The van der Waals surface area contributed by atoms with Crippen LogP contribution in [0.15, 0.2) is 100 Å². The Kier molecular flexibility index (Phi) is 6.27. The van der Waals surface area contributed by atoms with Gasteiger partial charge in [-0.25, -0.2) is 14.4 Å². The van der Waals surface area contributed by atoms with Gasteiger partial charge in [-0.05, 0) is 73.9 Å². The quantitative estimate of drug-likeness (QED) is 0.159. The van der Waals surface area contributed by atoms with Gasteiger partial charge in [0.05, 0.1) is 0 Å². The number of hydrogen-bond donors (Lipinski definition) is 0. The van der Waals surface area contributed by atoms with Crippen molar-refractivity contribution in [3.63, 3.8) is 0 Å². The fourth-order valence-electron chi connectivity index (χ4n) is 4.53. The van der Waals surface area contributed by atoms with Gasteiger partial charge < -0.3 is 26.8 Å². The number of phosphoric ester groups is 1. The van der Waals surface area contributed by atoms with Crippen molar-refractivity contribution in [2.24, 2.45) is 0 Å². The van der Waals surface area contributed by atoms with Crippen LogP contribution in [0.25, 0.3) is 32.9 Å². The monoisotopic (exact) mass is 572 g/mol. The summed E-state index contributed by atoms with van der Waals surface area (Å²) >= 11 is 0. The lowest BCUT2D eigenvalue weighted by molar-refractivity contribution is 0.298. The molecule has 0 radical (unpaired) electrons. The van der Waals surface area contributed by atoms with Crippen LogP contribution in [0.5, 0.6) is 17.2 Å². The maximum atomic E-state index is 14.2. The Morgan fingerprint density at radius 2 is 0.780 bits per heavy atom. The molecular formula is C30H21O10P. The van der Waals surface area contributed by atoms with E-state index in [0.717, 1.165) is 0 Å². The molecule has 3 aromatic carbocycles. The second-order valence-electron chi connectivity index (χ2n) is 9.44. The maximum Gasteiger partial charge on any atom is 0.647 e. The second kappa shape index (κ2) is 9.83. The molecule has 6 rings (SSSR count). The maximum absolute atomic E-state index is 14.2. The van der Waals surface area contributed by atoms with Crippen molar-refractivity contribution in [3.8, 4) is 17.2 Å². The smallest absolute Gasteiger partial charge is 0.423 e. The van der Waals surface area contributed by atoms with Crippen LogP contribution in [0.2, 0.25) is 0 Å². The molecule has 3 heterocycles. The Morgan fingerprint density at radius 3 is 1.07 bits per heavy atom. The number of phosphoric acid groups is 1. The lowest BCUT2D eigenvalue weighted by Crippen LogP contribution is -2.08. The molecule has 41 heavy (non-hydrogen) atoms. The summed E-state index contributed by atoms with van der Waals surface area (Å²) in [6, 6.07) is 17.8. The van der Waals surface area contributed by atoms with E-state index in [-0.39, 0.29) is 34.0 Å². The van der Waals surface area contributed by atoms with Gasteiger partial charge in [-0.15, -0.1) is 0 Å². The van der Waals surface area contributed by atoms with Crippen LogP contribution < -0.4 is 30.4 Å². The summed E-state index contributed by atoms with van der Waals surface area (Å²) in [5.41, 5.74) is 1.06. The van der Waals surface area contributed by atoms with Crippen molar-refractivity contribution in [3.05, 3.63) is 121 Å². The lowest BCUT2D eigenvalue weighted by Gasteiger charge is -2.20. The highest BCUT2D eigenvalue weighted by Gasteiger charge is 2.34. The fraction of sp³-hybridized carbons (Fsp3) is 0.100. The molecule has 3 aromatic heterocycles. The Labute approximate surface area is 230 Å². The Morgan fingerprint density at radius 1 is 0.488 bits per heavy atom. The molecule has 0 bridgehead atoms. The van der Waals surface area contributed by atoms with Gasteiger partial charge in [-0.2, -0.15) is 4.57 Å². The van der Waals surface area contributed by atoms with Crippen LogP contribution in [-0.4, -0.2) is 0 Å². The van der Waals surface area contributed by atoms with E-state index in [1.165, 1.54) is 54.6 Å². The van der Waals surface area contributed by atoms with Crippen molar-refractivity contribution >= 4 is 40.7 Å². The molecule has 0 saturated carbocycles. The first kappa shape index (κ1) is 26.2. The summed E-state index contributed by atoms with van der Waals surface area (Å²) in [7, 11) is -4.55. The zero-order valence-corrected chi connectivity index (χ0v) is 22.9. The predicted octanol–water partition coefficient (Wildman–Crippen LogP) is 6.58. The van der Waals surface area contributed by atoms with Crippen molar-refractivity contribution in [1.82, 2.24) is 0 Å². The number of benzene rings is 3. The third kappa shape index (κ3) is 5.25. The Bertz CT molecular complexity index is 1970. The van der Waals surface area contributed by atoms with E-state index in [4.69, 9.17) is 26.8 Å². The third-order valence-electron chi connectivity index (χ3n) is 6.42. The van der Waals surface area contributed by atoms with E-state index in [1.807, 2.05) is 0 Å². The van der Waals surface area contributed by atoms with E-state index < -0.39 is 24.7 Å². The molecule has 0 unspecified atom stereocenters. The summed E-state index contributed by atoms with van der Waals surface area (Å²) in [6.45, 7) is 5.28. The number of aryl methyl sites for hydroxylation is 3. The molecule has 0 aliphatic rings. The topological polar surface area (TPSA) is 135 Å². The summed E-state index contributed by atoms with van der Waals surface area (Å²) in [5.74, 6) is 0.0859. The Balaban J connectivity index is 1.43. The summed E-state index contributed by atoms with van der Waals surface area (Å²) in [5, 5.41) is 1.98. The van der Waals surface area contributed by atoms with Gasteiger partial charge in [0, 0.05) is 52.6 Å². The zero-order chi connectivity index (χ0) is 28.9. The average Bonchev–Trinajstić information content (AvgIpc) is 2.87. The van der Waals surface area contributed by atoms with Crippen molar-refractivity contribution in [2.75, 3.05) is 0 Å². The molecule has 11 heteroatoms. The van der Waals surface area contributed by atoms with E-state index in [2.05, 4.69) is 0 Å². The van der Waals surface area contributed by atoms with E-state index in [1.54, 1.807) is 39.0 Å². The van der Waals surface area contributed by atoms with Gasteiger partial charge >= 0.3 is 24.7 Å². The van der Waals surface area contributed by atoms with Crippen molar-refractivity contribution < 1.29 is 31.4 Å². The van der Waals surface area contributed by atoms with E-state index >= 15 is 0 Å². The minimum atomic E-state index is -4.55. The number of hydrogen-bond acceptors (Lipinski definition) is 10. The molecule has 6 aromatic rings. The van der Waals surface area contributed by atoms with Crippen LogP contribution in [0.1, 0.15) is 16.7 Å². The molecule has 0 atom stereocenters. The first-order valence-corrected chi connectivity index (χ1v) is 13.8. The highest BCUT2D eigenvalue weighted by Crippen LogP contribution is 2.50. The van der Waals surface area contributed by atoms with Crippen LogP contribution >= 0.6 is 7.82 Å². The highest BCUT2D eigenvalue weighted by atomic mass is 31.2. The lowest BCUT2D eigenvalue weighted by atomic mass is 10.1. The molecule has 0 saturated heterocycles. The molecule has 0 spiro atoms. The summed E-state index contributed by atoms with van der Waals surface area (Å²) in [6.07, 6.45) is 0. The minimum absolute atomic E-state index is 0.0286. The molecule has 0 fully saturated rings. The molecule has 0 aliphatic carbocycles. The van der Waals surface area contributed by atoms with Crippen LogP contribution in [0, 0.1) is 20.8 Å². The average molecular weight is 572 g/mol. The molecule has 206 valence electrons. The van der Waals surface area contributed by atoms with Gasteiger partial charge in [-0.1, -0.05) is 0 Å². The van der Waals surface area contributed by atoms with Crippen LogP contribution in [0.3, 0.4) is 0 Å². The largest absolute Gasteiger partial charge is 0.647 e. The number of fused-ring (bicyclic) bond motifs is 3. The van der Waals surface area contributed by atoms with Gasteiger partial charge in [-0.3, -0.25) is 0 Å². The zero-order valence-electron chi connectivity index (χ0n) is 22.0.